The van der Waals surface area contributed by atoms with Crippen molar-refractivity contribution in [3.05, 3.63) is 54.1 Å². The van der Waals surface area contributed by atoms with Gasteiger partial charge in [-0.2, -0.15) is 0 Å². The average Bonchev–Trinajstić information content (AvgIpc) is 2.30. The Balaban J connectivity index is 0.000000357. The molecule has 0 heterocycles. The molecule has 2 aromatic rings. The van der Waals surface area contributed by atoms with Crippen molar-refractivity contribution < 1.29 is 20.1 Å². The van der Waals surface area contributed by atoms with Crippen LogP contribution in [0.25, 0.3) is 11.1 Å². The maximum atomic E-state index is 9.69. The van der Waals surface area contributed by atoms with Crippen LogP contribution < -0.4 is 0 Å². The summed E-state index contributed by atoms with van der Waals surface area (Å²) in [5.41, 5.74) is 3.16. The van der Waals surface area contributed by atoms with E-state index < -0.39 is 6.16 Å². The van der Waals surface area contributed by atoms with Crippen LogP contribution in [0.15, 0.2) is 48.5 Å². The van der Waals surface area contributed by atoms with Gasteiger partial charge in [-0.1, -0.05) is 42.5 Å². The number of aromatic hydroxyl groups is 1. The second-order valence-electron chi connectivity index (χ2n) is 3.61. The Hall–Kier alpha value is -2.49. The topological polar surface area (TPSA) is 77.8 Å². The second-order valence-corrected chi connectivity index (χ2v) is 3.61. The first-order chi connectivity index (χ1) is 8.52. The minimum Gasteiger partial charge on any atom is -0.507 e. The zero-order valence-electron chi connectivity index (χ0n) is 9.87. The molecular weight excluding hydrogens is 232 g/mol. The lowest BCUT2D eigenvalue weighted by Crippen LogP contribution is -1.82. The first-order valence-corrected chi connectivity index (χ1v) is 5.28. The molecule has 94 valence electrons. The van der Waals surface area contributed by atoms with Gasteiger partial charge in [0.25, 0.3) is 0 Å². The summed E-state index contributed by atoms with van der Waals surface area (Å²) in [6.07, 6.45) is -1.83. The summed E-state index contributed by atoms with van der Waals surface area (Å²) in [7, 11) is 0. The number of hydrogen-bond acceptors (Lipinski definition) is 2. The molecule has 4 nitrogen and oxygen atoms in total. The van der Waals surface area contributed by atoms with Crippen LogP contribution in [0.3, 0.4) is 0 Å². The quantitative estimate of drug-likeness (QED) is 0.718. The van der Waals surface area contributed by atoms with E-state index in [0.29, 0.717) is 5.75 Å². The molecule has 3 N–H and O–H groups in total. The van der Waals surface area contributed by atoms with E-state index >= 15 is 0 Å². The summed E-state index contributed by atoms with van der Waals surface area (Å²) in [5.74, 6) is 0.335. The zero-order valence-corrected chi connectivity index (χ0v) is 9.87. The smallest absolute Gasteiger partial charge is 0.503 e. The van der Waals surface area contributed by atoms with Crippen LogP contribution in [0, 0.1) is 6.92 Å². The number of carboxylic acid groups (broad SMARTS) is 2. The standard InChI is InChI=1S/C13H12O.CH2O3/c1-10-6-2-3-7-11(10)12-8-4-5-9-13(12)14;2-1(3)4/h2-9,14H,1H3;(H2,2,3,4). The molecule has 0 atom stereocenters. The van der Waals surface area contributed by atoms with Crippen molar-refractivity contribution in [1.82, 2.24) is 0 Å². The minimum absolute atomic E-state index is 0.335. The van der Waals surface area contributed by atoms with Crippen molar-refractivity contribution >= 4 is 6.16 Å². The van der Waals surface area contributed by atoms with E-state index in [4.69, 9.17) is 15.0 Å². The van der Waals surface area contributed by atoms with Gasteiger partial charge in [0.15, 0.2) is 0 Å². The Bertz CT molecular complexity index is 487. The first kappa shape index (κ1) is 13.6. The average molecular weight is 246 g/mol. The highest BCUT2D eigenvalue weighted by molar-refractivity contribution is 5.72. The number of benzene rings is 2. The molecule has 0 saturated heterocycles. The van der Waals surface area contributed by atoms with E-state index in [-0.39, 0.29) is 0 Å². The molecule has 18 heavy (non-hydrogen) atoms. The van der Waals surface area contributed by atoms with Gasteiger partial charge >= 0.3 is 6.16 Å². The van der Waals surface area contributed by atoms with Crippen molar-refractivity contribution in [2.45, 2.75) is 6.92 Å². The van der Waals surface area contributed by atoms with Gasteiger partial charge in [0.05, 0.1) is 0 Å². The third kappa shape index (κ3) is 3.83. The first-order valence-electron chi connectivity index (χ1n) is 5.28. The molecule has 0 aromatic heterocycles. The van der Waals surface area contributed by atoms with Crippen LogP contribution in [0.5, 0.6) is 5.75 Å². The van der Waals surface area contributed by atoms with Crippen molar-refractivity contribution in [3.8, 4) is 16.9 Å². The van der Waals surface area contributed by atoms with Crippen LogP contribution in [-0.4, -0.2) is 21.5 Å². The molecular formula is C14H14O4. The molecule has 0 radical (unpaired) electrons. The maximum absolute atomic E-state index is 9.69. The number of hydrogen-bond donors (Lipinski definition) is 3. The number of carbonyl (C=O) groups is 1. The maximum Gasteiger partial charge on any atom is 0.503 e. The summed E-state index contributed by atoms with van der Waals surface area (Å²) in [6.45, 7) is 2.04. The van der Waals surface area contributed by atoms with E-state index in [1.165, 1.54) is 5.56 Å². The third-order valence-corrected chi connectivity index (χ3v) is 2.34. The van der Waals surface area contributed by atoms with Crippen molar-refractivity contribution in [1.29, 1.82) is 0 Å². The van der Waals surface area contributed by atoms with Crippen LogP contribution in [0.2, 0.25) is 0 Å². The zero-order chi connectivity index (χ0) is 13.5. The SMILES string of the molecule is Cc1ccccc1-c1ccccc1O.O=C(O)O. The normalized spacial score (nSPS) is 9.17. The molecule has 0 fully saturated rings. The van der Waals surface area contributed by atoms with Crippen LogP contribution >= 0.6 is 0 Å². The molecule has 2 aromatic carbocycles. The lowest BCUT2D eigenvalue weighted by molar-refractivity contribution is 0.137. The molecule has 4 heteroatoms. The fourth-order valence-corrected chi connectivity index (χ4v) is 1.58. The second kappa shape index (κ2) is 6.30. The molecule has 0 bridgehead atoms. The molecule has 2 rings (SSSR count). The number of aryl methyl sites for hydroxylation is 1. The molecule has 0 unspecified atom stereocenters. The Morgan fingerprint density at radius 3 is 1.83 bits per heavy atom. The summed E-state index contributed by atoms with van der Waals surface area (Å²) in [5, 5.41) is 23.6. The van der Waals surface area contributed by atoms with Gasteiger partial charge in [0.1, 0.15) is 5.75 Å². The van der Waals surface area contributed by atoms with Crippen molar-refractivity contribution in [2.24, 2.45) is 0 Å². The highest BCUT2D eigenvalue weighted by Gasteiger charge is 2.04. The Morgan fingerprint density at radius 2 is 1.33 bits per heavy atom. The fourth-order valence-electron chi connectivity index (χ4n) is 1.58. The number of phenols is 1. The fraction of sp³-hybridized carbons (Fsp3) is 0.0714. The lowest BCUT2D eigenvalue weighted by atomic mass is 10.0. The lowest BCUT2D eigenvalue weighted by Gasteiger charge is -2.06. The highest BCUT2D eigenvalue weighted by Crippen LogP contribution is 2.30. The van der Waals surface area contributed by atoms with E-state index in [0.717, 1.165) is 11.1 Å². The van der Waals surface area contributed by atoms with Gasteiger partial charge in [-0.25, -0.2) is 4.79 Å². The van der Waals surface area contributed by atoms with E-state index in [1.54, 1.807) is 6.07 Å². The Labute approximate surface area is 105 Å². The van der Waals surface area contributed by atoms with Gasteiger partial charge in [-0.15, -0.1) is 0 Å². The third-order valence-electron chi connectivity index (χ3n) is 2.34. The van der Waals surface area contributed by atoms with Crippen LogP contribution in [0.1, 0.15) is 5.56 Å². The molecule has 0 spiro atoms. The number of para-hydroxylation sites is 1. The van der Waals surface area contributed by atoms with Crippen molar-refractivity contribution in [2.75, 3.05) is 0 Å². The molecule has 0 amide bonds. The Kier molecular flexibility index (Phi) is 4.75. The van der Waals surface area contributed by atoms with E-state index in [1.807, 2.05) is 49.4 Å². The van der Waals surface area contributed by atoms with Crippen molar-refractivity contribution in [3.63, 3.8) is 0 Å². The molecule has 0 aliphatic carbocycles. The number of phenolic OH excluding ortho intramolecular Hbond substituents is 1. The van der Waals surface area contributed by atoms with Gasteiger partial charge in [-0.3, -0.25) is 0 Å². The minimum atomic E-state index is -1.83. The molecule has 0 aliphatic rings. The summed E-state index contributed by atoms with van der Waals surface area (Å²) < 4.78 is 0. The van der Waals surface area contributed by atoms with E-state index in [9.17, 15) is 5.11 Å². The predicted molar refractivity (Wildman–Crippen MR) is 68.9 cm³/mol. The Morgan fingerprint density at radius 1 is 0.889 bits per heavy atom. The largest absolute Gasteiger partial charge is 0.507 e. The summed E-state index contributed by atoms with van der Waals surface area (Å²) in [6, 6.07) is 15.4. The predicted octanol–water partition coefficient (Wildman–Crippen LogP) is 3.59. The van der Waals surface area contributed by atoms with Crippen LogP contribution in [-0.2, 0) is 0 Å². The van der Waals surface area contributed by atoms with Gasteiger partial charge in [0, 0.05) is 5.56 Å². The summed E-state index contributed by atoms with van der Waals surface area (Å²) in [4.78, 5) is 8.56. The summed E-state index contributed by atoms with van der Waals surface area (Å²) >= 11 is 0. The van der Waals surface area contributed by atoms with E-state index in [2.05, 4.69) is 0 Å². The highest BCUT2D eigenvalue weighted by atomic mass is 16.6. The van der Waals surface area contributed by atoms with Crippen LogP contribution in [0.4, 0.5) is 4.79 Å². The molecule has 0 aliphatic heterocycles. The van der Waals surface area contributed by atoms with Gasteiger partial charge in [-0.05, 0) is 24.1 Å². The van der Waals surface area contributed by atoms with Gasteiger partial charge in [0.2, 0.25) is 0 Å². The molecule has 0 saturated carbocycles. The van der Waals surface area contributed by atoms with Gasteiger partial charge < -0.3 is 15.3 Å². The monoisotopic (exact) mass is 246 g/mol. The number of rotatable bonds is 1.